The van der Waals surface area contributed by atoms with E-state index >= 15 is 0 Å². The molecular formula is C21H14F3N3OS. The van der Waals surface area contributed by atoms with Gasteiger partial charge in [0.05, 0.1) is 17.3 Å². The van der Waals surface area contributed by atoms with Gasteiger partial charge in [0, 0.05) is 17.5 Å². The van der Waals surface area contributed by atoms with Crippen molar-refractivity contribution in [1.29, 1.82) is 5.26 Å². The van der Waals surface area contributed by atoms with Crippen LogP contribution in [0.25, 0.3) is 11.1 Å². The summed E-state index contributed by atoms with van der Waals surface area (Å²) >= 11 is 1.27. The number of ketones is 1. The molecule has 1 unspecified atom stereocenters. The molecule has 29 heavy (non-hydrogen) atoms. The first-order valence-electron chi connectivity index (χ1n) is 8.89. The molecule has 8 heteroatoms. The smallest absolute Gasteiger partial charge is 0.290 e. The Hall–Kier alpha value is -3.05. The van der Waals surface area contributed by atoms with E-state index < -0.39 is 23.4 Å². The Morgan fingerprint density at radius 1 is 1.21 bits per heavy atom. The molecule has 0 bridgehead atoms. The third kappa shape index (κ3) is 4.05. The molecule has 1 aliphatic carbocycles. The number of nitriles is 1. The fourth-order valence-corrected chi connectivity index (χ4v) is 3.93. The van der Waals surface area contributed by atoms with Gasteiger partial charge < -0.3 is 0 Å². The average Bonchev–Trinajstić information content (AvgIpc) is 3.46. The third-order valence-electron chi connectivity index (χ3n) is 4.71. The van der Waals surface area contributed by atoms with Gasteiger partial charge >= 0.3 is 6.18 Å². The number of Topliss-reactive ketones (excluding diaryl/α,β-unsaturated/α-hetero) is 1. The van der Waals surface area contributed by atoms with E-state index in [0.29, 0.717) is 22.1 Å². The molecule has 1 aromatic carbocycles. The Kier molecular flexibility index (Phi) is 4.92. The third-order valence-corrected chi connectivity index (χ3v) is 5.64. The van der Waals surface area contributed by atoms with Crippen LogP contribution in [0, 0.1) is 11.3 Å². The van der Waals surface area contributed by atoms with Crippen LogP contribution in [0.1, 0.15) is 51.4 Å². The summed E-state index contributed by atoms with van der Waals surface area (Å²) in [6.07, 6.45) is -0.976. The zero-order valence-corrected chi connectivity index (χ0v) is 15.8. The first-order valence-corrected chi connectivity index (χ1v) is 9.77. The molecule has 0 aliphatic heterocycles. The SMILES string of the molecule is N#CC(C(=O)c1cc(-c2cccc(C(F)(F)F)c2)ccn1)c1nc(C2CC2)cs1. The van der Waals surface area contributed by atoms with Crippen molar-refractivity contribution in [3.8, 4) is 17.2 Å². The fraction of sp³-hybridized carbons (Fsp3) is 0.238. The molecule has 0 radical (unpaired) electrons. The van der Waals surface area contributed by atoms with Gasteiger partial charge in [-0.15, -0.1) is 11.3 Å². The second kappa shape index (κ2) is 7.41. The topological polar surface area (TPSA) is 66.6 Å². The Labute approximate surface area is 168 Å². The standard InChI is InChI=1S/C21H14F3N3OS/c22-21(23,24)15-3-1-2-13(8-15)14-6-7-26-17(9-14)19(28)16(10-25)20-27-18(11-29-20)12-4-5-12/h1-3,6-9,11-12,16H,4-5H2. The molecule has 2 heterocycles. The Bertz CT molecular complexity index is 1110. The quantitative estimate of drug-likeness (QED) is 0.511. The van der Waals surface area contributed by atoms with Gasteiger partial charge in [0.1, 0.15) is 10.7 Å². The minimum atomic E-state index is -4.46. The molecule has 2 aromatic heterocycles. The van der Waals surface area contributed by atoms with Gasteiger partial charge in [0.15, 0.2) is 5.92 Å². The van der Waals surface area contributed by atoms with E-state index in [2.05, 4.69) is 9.97 Å². The summed E-state index contributed by atoms with van der Waals surface area (Å²) in [7, 11) is 0. The number of aromatic nitrogens is 2. The molecule has 0 saturated heterocycles. The van der Waals surface area contributed by atoms with Crippen molar-refractivity contribution in [2.24, 2.45) is 0 Å². The van der Waals surface area contributed by atoms with Crippen molar-refractivity contribution in [2.45, 2.75) is 30.9 Å². The highest BCUT2D eigenvalue weighted by molar-refractivity contribution is 7.10. The van der Waals surface area contributed by atoms with Crippen molar-refractivity contribution < 1.29 is 18.0 Å². The van der Waals surface area contributed by atoms with Crippen molar-refractivity contribution in [3.63, 3.8) is 0 Å². The first-order chi connectivity index (χ1) is 13.9. The summed E-state index contributed by atoms with van der Waals surface area (Å²) in [6, 6.07) is 9.79. The van der Waals surface area contributed by atoms with E-state index in [-0.39, 0.29) is 5.69 Å². The summed E-state index contributed by atoms with van der Waals surface area (Å²) in [4.78, 5) is 21.4. The highest BCUT2D eigenvalue weighted by Crippen LogP contribution is 2.41. The number of carbonyl (C=O) groups excluding carboxylic acids is 1. The lowest BCUT2D eigenvalue weighted by Crippen LogP contribution is -2.13. The van der Waals surface area contributed by atoms with Crippen LogP contribution in [0.3, 0.4) is 0 Å². The van der Waals surface area contributed by atoms with Crippen LogP contribution in [0.5, 0.6) is 0 Å². The predicted molar refractivity (Wildman–Crippen MR) is 101 cm³/mol. The van der Waals surface area contributed by atoms with Gasteiger partial charge in [-0.3, -0.25) is 9.78 Å². The van der Waals surface area contributed by atoms with E-state index in [0.717, 1.165) is 30.7 Å². The molecule has 146 valence electrons. The average molecular weight is 413 g/mol. The lowest BCUT2D eigenvalue weighted by atomic mass is 9.99. The van der Waals surface area contributed by atoms with Crippen LogP contribution >= 0.6 is 11.3 Å². The molecule has 1 saturated carbocycles. The van der Waals surface area contributed by atoms with Crippen molar-refractivity contribution in [1.82, 2.24) is 9.97 Å². The molecule has 0 N–H and O–H groups in total. The number of hydrogen-bond donors (Lipinski definition) is 0. The minimum Gasteiger partial charge on any atom is -0.290 e. The molecule has 3 aromatic rings. The number of thiazole rings is 1. The second-order valence-electron chi connectivity index (χ2n) is 6.82. The van der Waals surface area contributed by atoms with Crippen LogP contribution < -0.4 is 0 Å². The molecule has 1 atom stereocenters. The molecule has 0 amide bonds. The van der Waals surface area contributed by atoms with E-state index in [4.69, 9.17) is 0 Å². The largest absolute Gasteiger partial charge is 0.416 e. The number of rotatable bonds is 5. The van der Waals surface area contributed by atoms with Crippen LogP contribution in [-0.2, 0) is 6.18 Å². The summed E-state index contributed by atoms with van der Waals surface area (Å²) < 4.78 is 39.0. The van der Waals surface area contributed by atoms with Gasteiger partial charge in [0.25, 0.3) is 0 Å². The number of halogens is 3. The maximum Gasteiger partial charge on any atom is 0.416 e. The first kappa shape index (κ1) is 19.3. The van der Waals surface area contributed by atoms with Gasteiger partial charge in [0.2, 0.25) is 5.78 Å². The number of alkyl halides is 3. The molecule has 0 spiro atoms. The fourth-order valence-electron chi connectivity index (χ4n) is 2.99. The van der Waals surface area contributed by atoms with Gasteiger partial charge in [-0.25, -0.2) is 4.98 Å². The lowest BCUT2D eigenvalue weighted by molar-refractivity contribution is -0.137. The zero-order valence-electron chi connectivity index (χ0n) is 15.0. The van der Waals surface area contributed by atoms with Crippen molar-refractivity contribution in [2.75, 3.05) is 0 Å². The second-order valence-corrected chi connectivity index (χ2v) is 7.71. The van der Waals surface area contributed by atoms with Crippen LogP contribution in [0.15, 0.2) is 48.0 Å². The van der Waals surface area contributed by atoms with Crippen molar-refractivity contribution >= 4 is 17.1 Å². The minimum absolute atomic E-state index is 0.0228. The molecule has 1 aliphatic rings. The summed E-state index contributed by atoms with van der Waals surface area (Å²) in [5, 5.41) is 11.8. The monoisotopic (exact) mass is 413 g/mol. The number of carbonyl (C=O) groups is 1. The normalized spacial score (nSPS) is 15.0. The summed E-state index contributed by atoms with van der Waals surface area (Å²) in [5.41, 5.74) is 0.891. The number of benzene rings is 1. The van der Waals surface area contributed by atoms with Crippen LogP contribution in [0.2, 0.25) is 0 Å². The Morgan fingerprint density at radius 3 is 2.66 bits per heavy atom. The van der Waals surface area contributed by atoms with E-state index in [1.807, 2.05) is 11.4 Å². The van der Waals surface area contributed by atoms with Gasteiger partial charge in [-0.2, -0.15) is 18.4 Å². The zero-order chi connectivity index (χ0) is 20.6. The van der Waals surface area contributed by atoms with E-state index in [1.165, 1.54) is 41.8 Å². The molecule has 4 rings (SSSR count). The maximum atomic E-state index is 13.0. The Morgan fingerprint density at radius 2 is 1.97 bits per heavy atom. The number of nitrogens with zero attached hydrogens (tertiary/aromatic N) is 3. The lowest BCUT2D eigenvalue weighted by Gasteiger charge is -2.10. The highest BCUT2D eigenvalue weighted by atomic mass is 32.1. The molecule has 1 fully saturated rings. The predicted octanol–water partition coefficient (Wildman–Crippen LogP) is 5.59. The van der Waals surface area contributed by atoms with E-state index in [1.54, 1.807) is 0 Å². The maximum absolute atomic E-state index is 13.0. The molecule has 4 nitrogen and oxygen atoms in total. The molecular weight excluding hydrogens is 399 g/mol. The summed E-state index contributed by atoms with van der Waals surface area (Å²) in [5.74, 6) is -1.19. The number of hydrogen-bond acceptors (Lipinski definition) is 5. The van der Waals surface area contributed by atoms with Gasteiger partial charge in [-0.1, -0.05) is 12.1 Å². The van der Waals surface area contributed by atoms with Crippen LogP contribution in [-0.4, -0.2) is 15.8 Å². The summed E-state index contributed by atoms with van der Waals surface area (Å²) in [6.45, 7) is 0. The van der Waals surface area contributed by atoms with Crippen LogP contribution in [0.4, 0.5) is 13.2 Å². The van der Waals surface area contributed by atoms with Gasteiger partial charge in [-0.05, 0) is 48.2 Å². The number of pyridine rings is 1. The van der Waals surface area contributed by atoms with Crippen molar-refractivity contribution in [3.05, 3.63) is 69.9 Å². The Balaban J connectivity index is 1.64. The highest BCUT2D eigenvalue weighted by Gasteiger charge is 2.32. The van der Waals surface area contributed by atoms with E-state index in [9.17, 15) is 23.2 Å².